The molecule has 1 aliphatic heterocycles. The minimum atomic E-state index is -0.903. The van der Waals surface area contributed by atoms with E-state index in [-0.39, 0.29) is 31.1 Å². The minimum Gasteiger partial charge on any atom is -0.394 e. The molecule has 116 valence electrons. The number of benzene rings is 1. The van der Waals surface area contributed by atoms with Crippen molar-refractivity contribution in [2.24, 2.45) is 0 Å². The number of hydrogen-bond donors (Lipinski definition) is 1. The molecule has 1 heterocycles. The summed E-state index contributed by atoms with van der Waals surface area (Å²) in [6.07, 6.45) is 0.214. The van der Waals surface area contributed by atoms with Crippen LogP contribution in [0.4, 0.5) is 8.78 Å². The van der Waals surface area contributed by atoms with Crippen LogP contribution in [0.3, 0.4) is 0 Å². The van der Waals surface area contributed by atoms with Gasteiger partial charge >= 0.3 is 0 Å². The highest BCUT2D eigenvalue weighted by atomic mass is 19.2. The number of aliphatic hydroxyl groups is 1. The van der Waals surface area contributed by atoms with Crippen molar-refractivity contribution >= 4 is 5.91 Å². The SMILES string of the molecule is CC1COC(CO)CN1C(=O)CCc1ccc(F)c(F)c1. The van der Waals surface area contributed by atoms with Crippen molar-refractivity contribution in [2.45, 2.75) is 31.9 Å². The summed E-state index contributed by atoms with van der Waals surface area (Å²) < 4.78 is 31.3. The van der Waals surface area contributed by atoms with Crippen molar-refractivity contribution in [2.75, 3.05) is 19.8 Å². The first kappa shape index (κ1) is 15.9. The second kappa shape index (κ2) is 6.95. The number of amides is 1. The third kappa shape index (κ3) is 3.98. The van der Waals surface area contributed by atoms with Crippen LogP contribution in [0.15, 0.2) is 18.2 Å². The first-order chi connectivity index (χ1) is 10.0. The third-order valence-electron chi connectivity index (χ3n) is 3.64. The van der Waals surface area contributed by atoms with E-state index in [1.165, 1.54) is 6.07 Å². The van der Waals surface area contributed by atoms with Crippen LogP contribution in [0.25, 0.3) is 0 Å². The molecular weight excluding hydrogens is 280 g/mol. The molecule has 21 heavy (non-hydrogen) atoms. The number of morpholine rings is 1. The minimum absolute atomic E-state index is 0.0507. The maximum atomic E-state index is 13.1. The van der Waals surface area contributed by atoms with Gasteiger partial charge in [-0.1, -0.05) is 6.07 Å². The van der Waals surface area contributed by atoms with Crippen LogP contribution in [-0.2, 0) is 16.0 Å². The van der Waals surface area contributed by atoms with E-state index in [9.17, 15) is 13.6 Å². The van der Waals surface area contributed by atoms with E-state index in [1.54, 1.807) is 4.90 Å². The van der Waals surface area contributed by atoms with E-state index >= 15 is 0 Å². The van der Waals surface area contributed by atoms with Gasteiger partial charge in [-0.2, -0.15) is 0 Å². The molecule has 1 aromatic carbocycles. The van der Waals surface area contributed by atoms with Gasteiger partial charge in [0, 0.05) is 13.0 Å². The molecular formula is C15H19F2NO3. The molecule has 1 amide bonds. The summed E-state index contributed by atoms with van der Waals surface area (Å²) in [6, 6.07) is 3.60. The van der Waals surface area contributed by atoms with Gasteiger partial charge in [-0.3, -0.25) is 4.79 Å². The molecule has 1 aliphatic rings. The summed E-state index contributed by atoms with van der Waals surface area (Å²) in [5.41, 5.74) is 0.585. The number of aryl methyl sites for hydroxylation is 1. The number of carbonyl (C=O) groups excluding carboxylic acids is 1. The molecule has 0 radical (unpaired) electrons. The van der Waals surface area contributed by atoms with E-state index in [1.807, 2.05) is 6.92 Å². The van der Waals surface area contributed by atoms with Crippen LogP contribution in [0, 0.1) is 11.6 Å². The number of ether oxygens (including phenoxy) is 1. The molecule has 0 aliphatic carbocycles. The van der Waals surface area contributed by atoms with Crippen LogP contribution < -0.4 is 0 Å². The summed E-state index contributed by atoms with van der Waals surface area (Å²) in [4.78, 5) is 13.9. The lowest BCUT2D eigenvalue weighted by atomic mass is 10.1. The fourth-order valence-electron chi connectivity index (χ4n) is 2.37. The van der Waals surface area contributed by atoms with E-state index in [2.05, 4.69) is 0 Å². The second-order valence-electron chi connectivity index (χ2n) is 5.28. The van der Waals surface area contributed by atoms with Gasteiger partial charge in [0.1, 0.15) is 0 Å². The number of carbonyl (C=O) groups is 1. The maximum Gasteiger partial charge on any atom is 0.223 e. The standard InChI is InChI=1S/C15H19F2NO3/c1-10-9-21-12(8-19)7-18(10)15(20)5-3-11-2-4-13(16)14(17)6-11/h2,4,6,10,12,19H,3,5,7-9H2,1H3. The van der Waals surface area contributed by atoms with Gasteiger partial charge in [0.2, 0.25) is 5.91 Å². The Morgan fingerprint density at radius 1 is 1.43 bits per heavy atom. The van der Waals surface area contributed by atoms with Crippen LogP contribution in [0.1, 0.15) is 18.9 Å². The Bertz CT molecular complexity index is 510. The summed E-state index contributed by atoms with van der Waals surface area (Å²) in [6.45, 7) is 2.50. The van der Waals surface area contributed by atoms with Crippen molar-refractivity contribution in [3.63, 3.8) is 0 Å². The lowest BCUT2D eigenvalue weighted by molar-refractivity contribution is -0.146. The van der Waals surface area contributed by atoms with E-state index in [0.717, 1.165) is 12.1 Å². The van der Waals surface area contributed by atoms with Crippen LogP contribution in [-0.4, -0.2) is 47.8 Å². The largest absolute Gasteiger partial charge is 0.394 e. The van der Waals surface area contributed by atoms with Crippen LogP contribution in [0.5, 0.6) is 0 Å². The molecule has 6 heteroatoms. The summed E-state index contributed by atoms with van der Waals surface area (Å²) in [5.74, 6) is -1.87. The van der Waals surface area contributed by atoms with Crippen molar-refractivity contribution in [1.29, 1.82) is 0 Å². The number of aliphatic hydroxyl groups excluding tert-OH is 1. The predicted molar refractivity (Wildman–Crippen MR) is 72.7 cm³/mol. The van der Waals surface area contributed by atoms with Crippen molar-refractivity contribution in [1.82, 2.24) is 4.90 Å². The van der Waals surface area contributed by atoms with E-state index < -0.39 is 11.6 Å². The monoisotopic (exact) mass is 299 g/mol. The highest BCUT2D eigenvalue weighted by Crippen LogP contribution is 2.15. The van der Waals surface area contributed by atoms with Crippen molar-refractivity contribution in [3.8, 4) is 0 Å². The first-order valence-electron chi connectivity index (χ1n) is 6.97. The Balaban J connectivity index is 1.92. The Hall–Kier alpha value is -1.53. The molecule has 1 N–H and O–H groups in total. The lowest BCUT2D eigenvalue weighted by Crippen LogP contribution is -2.52. The number of halogens is 2. The first-order valence-corrected chi connectivity index (χ1v) is 6.97. The third-order valence-corrected chi connectivity index (χ3v) is 3.64. The summed E-state index contributed by atoms with van der Waals surface area (Å²) in [7, 11) is 0. The summed E-state index contributed by atoms with van der Waals surface area (Å²) in [5, 5.41) is 9.10. The second-order valence-corrected chi connectivity index (χ2v) is 5.28. The Morgan fingerprint density at radius 3 is 2.86 bits per heavy atom. The van der Waals surface area contributed by atoms with Crippen molar-refractivity contribution in [3.05, 3.63) is 35.4 Å². The van der Waals surface area contributed by atoms with E-state index in [4.69, 9.17) is 9.84 Å². The van der Waals surface area contributed by atoms with Gasteiger partial charge < -0.3 is 14.7 Å². The molecule has 2 atom stereocenters. The molecule has 2 rings (SSSR count). The van der Waals surface area contributed by atoms with Gasteiger partial charge in [0.25, 0.3) is 0 Å². The number of nitrogens with zero attached hydrogens (tertiary/aromatic N) is 1. The molecule has 1 fully saturated rings. The zero-order valence-electron chi connectivity index (χ0n) is 11.9. The van der Waals surface area contributed by atoms with Gasteiger partial charge in [0.05, 0.1) is 25.4 Å². The maximum absolute atomic E-state index is 13.1. The van der Waals surface area contributed by atoms with Gasteiger partial charge in [-0.15, -0.1) is 0 Å². The summed E-state index contributed by atoms with van der Waals surface area (Å²) >= 11 is 0. The van der Waals surface area contributed by atoms with Crippen LogP contribution >= 0.6 is 0 Å². The molecule has 4 nitrogen and oxygen atoms in total. The van der Waals surface area contributed by atoms with Gasteiger partial charge in [-0.25, -0.2) is 8.78 Å². The normalized spacial score (nSPS) is 22.4. The molecule has 0 saturated carbocycles. The topological polar surface area (TPSA) is 49.8 Å². The average molecular weight is 299 g/mol. The average Bonchev–Trinajstić information content (AvgIpc) is 2.48. The highest BCUT2D eigenvalue weighted by Gasteiger charge is 2.28. The molecule has 2 unspecified atom stereocenters. The fourth-order valence-corrected chi connectivity index (χ4v) is 2.37. The molecule has 1 aromatic rings. The molecule has 0 aromatic heterocycles. The zero-order chi connectivity index (χ0) is 15.4. The van der Waals surface area contributed by atoms with Gasteiger partial charge in [0.15, 0.2) is 11.6 Å². The van der Waals surface area contributed by atoms with Gasteiger partial charge in [-0.05, 0) is 31.0 Å². The Morgan fingerprint density at radius 2 is 2.19 bits per heavy atom. The quantitative estimate of drug-likeness (QED) is 0.917. The van der Waals surface area contributed by atoms with E-state index in [0.29, 0.717) is 25.1 Å². The van der Waals surface area contributed by atoms with Crippen molar-refractivity contribution < 1.29 is 23.4 Å². The smallest absolute Gasteiger partial charge is 0.223 e. The number of rotatable bonds is 4. The zero-order valence-corrected chi connectivity index (χ0v) is 11.9. The highest BCUT2D eigenvalue weighted by molar-refractivity contribution is 5.77. The number of hydrogen-bond acceptors (Lipinski definition) is 3. The lowest BCUT2D eigenvalue weighted by Gasteiger charge is -2.37. The fraction of sp³-hybridized carbons (Fsp3) is 0.533. The molecule has 0 bridgehead atoms. The molecule has 1 saturated heterocycles. The Kier molecular flexibility index (Phi) is 5.25. The molecule has 0 spiro atoms. The van der Waals surface area contributed by atoms with Crippen LogP contribution in [0.2, 0.25) is 0 Å². The predicted octanol–water partition coefficient (Wildman–Crippen LogP) is 1.51. The Labute approximate surface area is 122 Å².